The van der Waals surface area contributed by atoms with Crippen molar-refractivity contribution in [3.63, 3.8) is 0 Å². The standard InChI is InChI=1S/C16H20N4O3/c1-12(2)10-19(9-8-14(21)22)16(23)15-17-11-20(18-15)13-6-4-3-5-7-13/h3-7,11-12H,8-10H2,1-2H3,(H,21,22). The summed E-state index contributed by atoms with van der Waals surface area (Å²) in [5.41, 5.74) is 0.806. The summed E-state index contributed by atoms with van der Waals surface area (Å²) >= 11 is 0. The molecule has 0 aliphatic rings. The van der Waals surface area contributed by atoms with Crippen molar-refractivity contribution in [2.45, 2.75) is 20.3 Å². The van der Waals surface area contributed by atoms with Gasteiger partial charge in [0.25, 0.3) is 5.91 Å². The van der Waals surface area contributed by atoms with Crippen LogP contribution in [0.15, 0.2) is 36.7 Å². The number of hydrogen-bond donors (Lipinski definition) is 1. The molecule has 23 heavy (non-hydrogen) atoms. The summed E-state index contributed by atoms with van der Waals surface area (Å²) in [5.74, 6) is -0.993. The first-order valence-corrected chi connectivity index (χ1v) is 7.45. The molecule has 0 aliphatic carbocycles. The van der Waals surface area contributed by atoms with Gasteiger partial charge in [-0.05, 0) is 18.1 Å². The third-order valence-electron chi connectivity index (χ3n) is 3.17. The average molecular weight is 316 g/mol. The molecule has 0 saturated heterocycles. The Morgan fingerprint density at radius 3 is 2.57 bits per heavy atom. The van der Waals surface area contributed by atoms with Gasteiger partial charge in [0, 0.05) is 13.1 Å². The predicted molar refractivity (Wildman–Crippen MR) is 84.4 cm³/mol. The van der Waals surface area contributed by atoms with E-state index in [1.807, 2.05) is 44.2 Å². The van der Waals surface area contributed by atoms with Gasteiger partial charge in [0.05, 0.1) is 12.1 Å². The van der Waals surface area contributed by atoms with Gasteiger partial charge in [-0.3, -0.25) is 9.59 Å². The zero-order valence-corrected chi connectivity index (χ0v) is 13.2. The molecular weight excluding hydrogens is 296 g/mol. The molecular formula is C16H20N4O3. The zero-order chi connectivity index (χ0) is 16.8. The molecule has 0 aliphatic heterocycles. The second kappa shape index (κ2) is 7.53. The largest absolute Gasteiger partial charge is 0.481 e. The van der Waals surface area contributed by atoms with E-state index < -0.39 is 5.97 Å². The Balaban J connectivity index is 2.16. The molecule has 7 nitrogen and oxygen atoms in total. The van der Waals surface area contributed by atoms with E-state index in [9.17, 15) is 9.59 Å². The maximum absolute atomic E-state index is 12.5. The van der Waals surface area contributed by atoms with Crippen LogP contribution in [0.5, 0.6) is 0 Å². The molecule has 0 atom stereocenters. The van der Waals surface area contributed by atoms with Crippen molar-refractivity contribution >= 4 is 11.9 Å². The molecule has 122 valence electrons. The minimum absolute atomic E-state index is 0.0693. The van der Waals surface area contributed by atoms with E-state index in [-0.39, 0.29) is 30.6 Å². The number of carbonyl (C=O) groups excluding carboxylic acids is 1. The number of carboxylic acids is 1. The summed E-state index contributed by atoms with van der Waals surface area (Å²) in [5, 5.41) is 13.0. The first-order chi connectivity index (χ1) is 11.0. The number of rotatable bonds is 7. The molecule has 0 fully saturated rings. The molecule has 0 unspecified atom stereocenters. The minimum atomic E-state index is -0.936. The lowest BCUT2D eigenvalue weighted by atomic mass is 10.2. The Morgan fingerprint density at radius 1 is 1.26 bits per heavy atom. The number of carboxylic acid groups (broad SMARTS) is 1. The van der Waals surface area contributed by atoms with E-state index in [1.54, 1.807) is 0 Å². The Kier molecular flexibility index (Phi) is 5.46. The van der Waals surface area contributed by atoms with Crippen molar-refractivity contribution in [2.24, 2.45) is 5.92 Å². The van der Waals surface area contributed by atoms with E-state index in [4.69, 9.17) is 5.11 Å². The van der Waals surface area contributed by atoms with Crippen molar-refractivity contribution < 1.29 is 14.7 Å². The van der Waals surface area contributed by atoms with Gasteiger partial charge >= 0.3 is 5.97 Å². The quantitative estimate of drug-likeness (QED) is 0.842. The maximum atomic E-state index is 12.5. The van der Waals surface area contributed by atoms with Crippen LogP contribution in [-0.4, -0.2) is 49.7 Å². The van der Waals surface area contributed by atoms with Crippen LogP contribution < -0.4 is 0 Å². The number of amides is 1. The highest BCUT2D eigenvalue weighted by Gasteiger charge is 2.21. The summed E-state index contributed by atoms with van der Waals surface area (Å²) in [4.78, 5) is 28.8. The normalized spacial score (nSPS) is 10.7. The zero-order valence-electron chi connectivity index (χ0n) is 13.2. The van der Waals surface area contributed by atoms with Crippen molar-refractivity contribution in [3.05, 3.63) is 42.5 Å². The van der Waals surface area contributed by atoms with Gasteiger partial charge in [-0.1, -0.05) is 32.0 Å². The van der Waals surface area contributed by atoms with Crippen molar-refractivity contribution in [1.82, 2.24) is 19.7 Å². The molecule has 1 aromatic carbocycles. The highest BCUT2D eigenvalue weighted by Crippen LogP contribution is 2.08. The predicted octanol–water partition coefficient (Wildman–Crippen LogP) is 1.84. The molecule has 7 heteroatoms. The fourth-order valence-electron chi connectivity index (χ4n) is 2.15. The van der Waals surface area contributed by atoms with E-state index in [1.165, 1.54) is 15.9 Å². The van der Waals surface area contributed by atoms with E-state index in [2.05, 4.69) is 10.1 Å². The van der Waals surface area contributed by atoms with Crippen LogP contribution in [0, 0.1) is 5.92 Å². The Labute approximate surface area is 134 Å². The fourth-order valence-corrected chi connectivity index (χ4v) is 2.15. The van der Waals surface area contributed by atoms with Crippen molar-refractivity contribution in [2.75, 3.05) is 13.1 Å². The highest BCUT2D eigenvalue weighted by molar-refractivity contribution is 5.90. The number of aromatic nitrogens is 3. The average Bonchev–Trinajstić information content (AvgIpc) is 3.01. The maximum Gasteiger partial charge on any atom is 0.305 e. The van der Waals surface area contributed by atoms with Gasteiger partial charge in [0.1, 0.15) is 6.33 Å². The number of nitrogens with zero attached hydrogens (tertiary/aromatic N) is 4. The summed E-state index contributed by atoms with van der Waals surface area (Å²) in [6.45, 7) is 4.55. The molecule has 0 radical (unpaired) electrons. The van der Waals surface area contributed by atoms with Gasteiger partial charge in [-0.15, -0.1) is 5.10 Å². The van der Waals surface area contributed by atoms with Gasteiger partial charge in [0.2, 0.25) is 5.82 Å². The summed E-state index contributed by atoms with van der Waals surface area (Å²) in [6.07, 6.45) is 1.38. The lowest BCUT2D eigenvalue weighted by Crippen LogP contribution is -2.36. The topological polar surface area (TPSA) is 88.3 Å². The van der Waals surface area contributed by atoms with E-state index in [0.717, 1.165) is 5.69 Å². The molecule has 1 aromatic heterocycles. The van der Waals surface area contributed by atoms with Gasteiger partial charge in [0.15, 0.2) is 0 Å². The number of hydrogen-bond acceptors (Lipinski definition) is 4. The van der Waals surface area contributed by atoms with Crippen LogP contribution in [0.2, 0.25) is 0 Å². The molecule has 2 rings (SSSR count). The van der Waals surface area contributed by atoms with Crippen molar-refractivity contribution in [1.29, 1.82) is 0 Å². The Hall–Kier alpha value is -2.70. The van der Waals surface area contributed by atoms with Crippen LogP contribution in [0.1, 0.15) is 30.9 Å². The van der Waals surface area contributed by atoms with Crippen LogP contribution in [-0.2, 0) is 4.79 Å². The lowest BCUT2D eigenvalue weighted by Gasteiger charge is -2.22. The summed E-state index contributed by atoms with van der Waals surface area (Å²) in [6, 6.07) is 9.36. The van der Waals surface area contributed by atoms with Crippen molar-refractivity contribution in [3.8, 4) is 5.69 Å². The van der Waals surface area contributed by atoms with Crippen LogP contribution in [0.3, 0.4) is 0 Å². The molecule has 1 heterocycles. The Morgan fingerprint density at radius 2 is 1.96 bits per heavy atom. The number of carbonyl (C=O) groups is 2. The van der Waals surface area contributed by atoms with E-state index in [0.29, 0.717) is 6.54 Å². The molecule has 2 aromatic rings. The number of para-hydroxylation sites is 1. The SMILES string of the molecule is CC(C)CN(CCC(=O)O)C(=O)c1ncn(-c2ccccc2)n1. The van der Waals surface area contributed by atoms with Gasteiger partial charge in [-0.25, -0.2) is 9.67 Å². The number of aliphatic carboxylic acids is 1. The third-order valence-corrected chi connectivity index (χ3v) is 3.17. The van der Waals surface area contributed by atoms with E-state index >= 15 is 0 Å². The molecule has 1 N–H and O–H groups in total. The highest BCUT2D eigenvalue weighted by atomic mass is 16.4. The van der Waals surface area contributed by atoms with Gasteiger partial charge in [-0.2, -0.15) is 0 Å². The van der Waals surface area contributed by atoms with Crippen LogP contribution in [0.25, 0.3) is 5.69 Å². The molecule has 0 spiro atoms. The molecule has 0 saturated carbocycles. The monoisotopic (exact) mass is 316 g/mol. The second-order valence-corrected chi connectivity index (χ2v) is 5.64. The first-order valence-electron chi connectivity index (χ1n) is 7.45. The molecule has 1 amide bonds. The van der Waals surface area contributed by atoms with Crippen LogP contribution >= 0.6 is 0 Å². The fraction of sp³-hybridized carbons (Fsp3) is 0.375. The molecule has 0 bridgehead atoms. The summed E-state index contributed by atoms with van der Waals surface area (Å²) in [7, 11) is 0. The first kappa shape index (κ1) is 16.7. The third kappa shape index (κ3) is 4.64. The Bertz CT molecular complexity index is 667. The lowest BCUT2D eigenvalue weighted by molar-refractivity contribution is -0.137. The smallest absolute Gasteiger partial charge is 0.305 e. The van der Waals surface area contributed by atoms with Gasteiger partial charge < -0.3 is 10.0 Å². The van der Waals surface area contributed by atoms with Crippen LogP contribution in [0.4, 0.5) is 0 Å². The minimum Gasteiger partial charge on any atom is -0.481 e. The number of benzene rings is 1. The summed E-state index contributed by atoms with van der Waals surface area (Å²) < 4.78 is 1.53. The second-order valence-electron chi connectivity index (χ2n) is 5.64.